The molecule has 1 heterocycles. The first kappa shape index (κ1) is 23.7. The number of oxime groups is 1. The van der Waals surface area contributed by atoms with E-state index < -0.39 is 6.10 Å². The van der Waals surface area contributed by atoms with Crippen molar-refractivity contribution >= 4 is 17.3 Å². The quantitative estimate of drug-likeness (QED) is 0.549. The fraction of sp³-hybridized carbons (Fsp3) is 0.458. The number of halogens is 2. The van der Waals surface area contributed by atoms with Gasteiger partial charge in [0.1, 0.15) is 11.9 Å². The van der Waals surface area contributed by atoms with Gasteiger partial charge in [0, 0.05) is 37.7 Å². The average molecular weight is 449 g/mol. The lowest BCUT2D eigenvalue weighted by atomic mass is 10.0. The van der Waals surface area contributed by atoms with Gasteiger partial charge in [-0.2, -0.15) is 0 Å². The fourth-order valence-electron chi connectivity index (χ4n) is 3.51. The molecule has 0 aliphatic carbocycles. The van der Waals surface area contributed by atoms with E-state index in [1.165, 1.54) is 12.1 Å². The number of benzene rings is 2. The SMILES string of the molecule is CC(C)COC[C@@H](O)CN(Cc1cccc(F)c1)C[C@H]1CC(c2ccc(Cl)cc2)=NO1. The third-order valence-electron chi connectivity index (χ3n) is 4.90. The Kier molecular flexibility index (Phi) is 8.84. The molecule has 2 aromatic carbocycles. The van der Waals surface area contributed by atoms with Gasteiger partial charge in [0.2, 0.25) is 0 Å². The molecule has 0 saturated heterocycles. The highest BCUT2D eigenvalue weighted by Gasteiger charge is 2.26. The van der Waals surface area contributed by atoms with E-state index in [-0.39, 0.29) is 18.5 Å². The second kappa shape index (κ2) is 11.6. The van der Waals surface area contributed by atoms with Crippen LogP contribution in [0.4, 0.5) is 4.39 Å². The standard InChI is InChI=1S/C24H30ClFN2O3/c1-17(2)15-30-16-22(29)13-28(12-18-4-3-5-21(26)10-18)14-23-11-24(27-31-23)19-6-8-20(25)9-7-19/h3-10,17,22-23,29H,11-16H2,1-2H3/t22-,23+/m0/s1. The molecular weight excluding hydrogens is 419 g/mol. The summed E-state index contributed by atoms with van der Waals surface area (Å²) in [5.74, 6) is 0.134. The minimum Gasteiger partial charge on any atom is -0.390 e. The van der Waals surface area contributed by atoms with Crippen LogP contribution in [0.25, 0.3) is 0 Å². The molecule has 0 unspecified atom stereocenters. The van der Waals surface area contributed by atoms with Crippen LogP contribution in [-0.4, -0.2) is 54.2 Å². The maximum atomic E-state index is 13.7. The Hall–Kier alpha value is -1.99. The molecule has 0 bridgehead atoms. The Morgan fingerprint density at radius 1 is 1.23 bits per heavy atom. The van der Waals surface area contributed by atoms with Gasteiger partial charge < -0.3 is 14.7 Å². The molecule has 3 rings (SSSR count). The van der Waals surface area contributed by atoms with Crippen LogP contribution in [0.3, 0.4) is 0 Å². The van der Waals surface area contributed by atoms with Crippen molar-refractivity contribution < 1.29 is 19.1 Å². The van der Waals surface area contributed by atoms with Crippen LogP contribution in [-0.2, 0) is 16.1 Å². The van der Waals surface area contributed by atoms with Crippen LogP contribution in [0, 0.1) is 11.7 Å². The second-order valence-electron chi connectivity index (χ2n) is 8.39. The van der Waals surface area contributed by atoms with Crippen LogP contribution < -0.4 is 0 Å². The predicted molar refractivity (Wildman–Crippen MR) is 121 cm³/mol. The van der Waals surface area contributed by atoms with Gasteiger partial charge in [-0.25, -0.2) is 4.39 Å². The first-order valence-electron chi connectivity index (χ1n) is 10.6. The van der Waals surface area contributed by atoms with Gasteiger partial charge in [0.25, 0.3) is 0 Å². The molecule has 0 amide bonds. The molecule has 1 N–H and O–H groups in total. The number of aliphatic hydroxyl groups is 1. The lowest BCUT2D eigenvalue weighted by Gasteiger charge is -2.27. The molecule has 7 heteroatoms. The highest BCUT2D eigenvalue weighted by atomic mass is 35.5. The van der Waals surface area contributed by atoms with Crippen molar-refractivity contribution in [2.24, 2.45) is 11.1 Å². The summed E-state index contributed by atoms with van der Waals surface area (Å²) >= 11 is 5.97. The highest BCUT2D eigenvalue weighted by molar-refractivity contribution is 6.30. The Morgan fingerprint density at radius 3 is 2.71 bits per heavy atom. The summed E-state index contributed by atoms with van der Waals surface area (Å²) in [4.78, 5) is 7.72. The Morgan fingerprint density at radius 2 is 2.00 bits per heavy atom. The van der Waals surface area contributed by atoms with Crippen molar-refractivity contribution in [3.63, 3.8) is 0 Å². The van der Waals surface area contributed by atoms with E-state index in [2.05, 4.69) is 23.9 Å². The van der Waals surface area contributed by atoms with Crippen molar-refractivity contribution in [2.45, 2.75) is 39.0 Å². The van der Waals surface area contributed by atoms with E-state index in [9.17, 15) is 9.50 Å². The van der Waals surface area contributed by atoms with Crippen molar-refractivity contribution in [3.05, 3.63) is 70.5 Å². The van der Waals surface area contributed by atoms with Gasteiger partial charge in [-0.1, -0.05) is 54.9 Å². The summed E-state index contributed by atoms with van der Waals surface area (Å²) in [6, 6.07) is 14.0. The van der Waals surface area contributed by atoms with E-state index in [0.717, 1.165) is 16.8 Å². The predicted octanol–water partition coefficient (Wildman–Crippen LogP) is 4.51. The van der Waals surface area contributed by atoms with Gasteiger partial charge in [0.15, 0.2) is 0 Å². The largest absolute Gasteiger partial charge is 0.390 e. The van der Waals surface area contributed by atoms with Crippen LogP contribution in [0.2, 0.25) is 5.02 Å². The van der Waals surface area contributed by atoms with E-state index >= 15 is 0 Å². The molecule has 1 aliphatic heterocycles. The zero-order valence-corrected chi connectivity index (χ0v) is 18.8. The summed E-state index contributed by atoms with van der Waals surface area (Å²) in [5.41, 5.74) is 2.69. The van der Waals surface area contributed by atoms with E-state index in [4.69, 9.17) is 21.2 Å². The molecule has 5 nitrogen and oxygen atoms in total. The minimum atomic E-state index is -0.648. The summed E-state index contributed by atoms with van der Waals surface area (Å²) in [6.07, 6.45) is -0.144. The van der Waals surface area contributed by atoms with Crippen LogP contribution >= 0.6 is 11.6 Å². The molecule has 0 radical (unpaired) electrons. The Balaban J connectivity index is 1.60. The third kappa shape index (κ3) is 7.89. The summed E-state index contributed by atoms with van der Waals surface area (Å²) < 4.78 is 19.2. The van der Waals surface area contributed by atoms with Gasteiger partial charge in [-0.3, -0.25) is 4.90 Å². The van der Waals surface area contributed by atoms with Gasteiger partial charge >= 0.3 is 0 Å². The molecule has 168 valence electrons. The number of nitrogens with zero attached hydrogens (tertiary/aromatic N) is 2. The van der Waals surface area contributed by atoms with E-state index in [1.807, 2.05) is 30.3 Å². The monoisotopic (exact) mass is 448 g/mol. The molecule has 2 aromatic rings. The second-order valence-corrected chi connectivity index (χ2v) is 8.82. The number of hydrogen-bond donors (Lipinski definition) is 1. The fourth-order valence-corrected chi connectivity index (χ4v) is 3.64. The first-order valence-corrected chi connectivity index (χ1v) is 11.0. The van der Waals surface area contributed by atoms with E-state index in [1.54, 1.807) is 6.07 Å². The minimum absolute atomic E-state index is 0.150. The summed E-state index contributed by atoms with van der Waals surface area (Å²) in [6.45, 7) is 6.44. The molecule has 0 fully saturated rings. The molecule has 0 spiro atoms. The van der Waals surface area contributed by atoms with Crippen molar-refractivity contribution in [3.8, 4) is 0 Å². The van der Waals surface area contributed by atoms with Crippen LogP contribution in [0.5, 0.6) is 0 Å². The van der Waals surface area contributed by atoms with E-state index in [0.29, 0.717) is 43.6 Å². The van der Waals surface area contributed by atoms with Crippen LogP contribution in [0.15, 0.2) is 53.7 Å². The van der Waals surface area contributed by atoms with Crippen molar-refractivity contribution in [1.29, 1.82) is 0 Å². The maximum absolute atomic E-state index is 13.7. The smallest absolute Gasteiger partial charge is 0.145 e. The third-order valence-corrected chi connectivity index (χ3v) is 5.15. The zero-order chi connectivity index (χ0) is 22.2. The molecule has 0 saturated carbocycles. The molecule has 0 aromatic heterocycles. The molecule has 2 atom stereocenters. The lowest BCUT2D eigenvalue weighted by Crippen LogP contribution is -2.39. The Labute approximate surface area is 188 Å². The molecule has 31 heavy (non-hydrogen) atoms. The van der Waals surface area contributed by atoms with Crippen molar-refractivity contribution in [2.75, 3.05) is 26.3 Å². The zero-order valence-electron chi connectivity index (χ0n) is 18.0. The summed E-state index contributed by atoms with van der Waals surface area (Å²) in [7, 11) is 0. The van der Waals surface area contributed by atoms with Gasteiger partial charge in [-0.05, 0) is 41.3 Å². The normalized spacial score (nSPS) is 17.1. The van der Waals surface area contributed by atoms with Crippen molar-refractivity contribution in [1.82, 2.24) is 4.90 Å². The number of rotatable bonds is 11. The number of hydrogen-bond acceptors (Lipinski definition) is 5. The van der Waals surface area contributed by atoms with Crippen LogP contribution in [0.1, 0.15) is 31.4 Å². The van der Waals surface area contributed by atoms with Gasteiger partial charge in [-0.15, -0.1) is 0 Å². The number of aliphatic hydroxyl groups excluding tert-OH is 1. The topological polar surface area (TPSA) is 54.3 Å². The highest BCUT2D eigenvalue weighted by Crippen LogP contribution is 2.20. The summed E-state index contributed by atoms with van der Waals surface area (Å²) in [5, 5.41) is 15.4. The lowest BCUT2D eigenvalue weighted by molar-refractivity contribution is -0.00735. The molecule has 1 aliphatic rings. The maximum Gasteiger partial charge on any atom is 0.145 e. The molecular formula is C24H30ClFN2O3. The van der Waals surface area contributed by atoms with Gasteiger partial charge in [0.05, 0.1) is 18.4 Å². The Bertz CT molecular complexity index is 860. The average Bonchev–Trinajstić information content (AvgIpc) is 3.16. The first-order chi connectivity index (χ1) is 14.9. The number of ether oxygens (including phenoxy) is 1.